The van der Waals surface area contributed by atoms with Crippen LogP contribution >= 0.6 is 0 Å². The highest BCUT2D eigenvalue weighted by molar-refractivity contribution is 5.76. The number of amides is 1. The normalized spacial score (nSPS) is 20.9. The summed E-state index contributed by atoms with van der Waals surface area (Å²) in [5.74, 6) is 0.838. The number of aliphatic hydroxyl groups excluding tert-OH is 1. The lowest BCUT2D eigenvalue weighted by atomic mass is 9.86. The third kappa shape index (κ3) is 5.07. The molecule has 0 saturated heterocycles. The van der Waals surface area contributed by atoms with Gasteiger partial charge in [0.1, 0.15) is 0 Å². The van der Waals surface area contributed by atoms with Crippen LogP contribution in [0.2, 0.25) is 0 Å². The van der Waals surface area contributed by atoms with E-state index in [0.29, 0.717) is 6.42 Å². The topological polar surface area (TPSA) is 49.3 Å². The van der Waals surface area contributed by atoms with E-state index in [-0.39, 0.29) is 12.5 Å². The van der Waals surface area contributed by atoms with E-state index in [4.69, 9.17) is 0 Å². The number of hydrogen-bond acceptors (Lipinski definition) is 2. The molecule has 0 spiro atoms. The van der Waals surface area contributed by atoms with Gasteiger partial charge in [-0.1, -0.05) is 39.0 Å². The van der Waals surface area contributed by atoms with Crippen molar-refractivity contribution in [1.29, 1.82) is 0 Å². The zero-order chi connectivity index (χ0) is 12.7. The third-order valence-electron chi connectivity index (χ3n) is 4.07. The first-order valence-corrected chi connectivity index (χ1v) is 7.01. The van der Waals surface area contributed by atoms with Gasteiger partial charge in [-0.05, 0) is 25.7 Å². The lowest BCUT2D eigenvalue weighted by molar-refractivity contribution is -0.123. The number of carbonyl (C=O) groups is 1. The molecular weight excluding hydrogens is 214 g/mol. The standard InChI is InChI=1S/C14H27NO2/c1-3-14(2,11-16)15-13(17)10-9-12-7-5-4-6-8-12/h12,16H,3-11H2,1-2H3,(H,15,17). The minimum Gasteiger partial charge on any atom is -0.394 e. The SMILES string of the molecule is CCC(C)(CO)NC(=O)CCC1CCCCC1. The van der Waals surface area contributed by atoms with Crippen LogP contribution in [0.5, 0.6) is 0 Å². The molecule has 0 aliphatic heterocycles. The molecule has 0 heterocycles. The van der Waals surface area contributed by atoms with E-state index in [1.807, 2.05) is 13.8 Å². The molecule has 1 aliphatic carbocycles. The van der Waals surface area contributed by atoms with Gasteiger partial charge in [0.25, 0.3) is 0 Å². The molecule has 1 unspecified atom stereocenters. The van der Waals surface area contributed by atoms with Crippen molar-refractivity contribution in [1.82, 2.24) is 5.32 Å². The molecule has 1 aliphatic rings. The summed E-state index contributed by atoms with van der Waals surface area (Å²) in [6, 6.07) is 0. The largest absolute Gasteiger partial charge is 0.394 e. The monoisotopic (exact) mass is 241 g/mol. The summed E-state index contributed by atoms with van der Waals surface area (Å²) >= 11 is 0. The van der Waals surface area contributed by atoms with E-state index in [0.717, 1.165) is 18.8 Å². The Morgan fingerprint density at radius 3 is 2.53 bits per heavy atom. The van der Waals surface area contributed by atoms with Crippen LogP contribution in [-0.2, 0) is 4.79 Å². The smallest absolute Gasteiger partial charge is 0.220 e. The van der Waals surface area contributed by atoms with Crippen molar-refractivity contribution < 1.29 is 9.90 Å². The Hall–Kier alpha value is -0.570. The van der Waals surface area contributed by atoms with Gasteiger partial charge in [0.15, 0.2) is 0 Å². The van der Waals surface area contributed by atoms with Crippen molar-refractivity contribution in [3.63, 3.8) is 0 Å². The Morgan fingerprint density at radius 2 is 2.00 bits per heavy atom. The van der Waals surface area contributed by atoms with Gasteiger partial charge in [-0.2, -0.15) is 0 Å². The second-order valence-electron chi connectivity index (χ2n) is 5.66. The maximum atomic E-state index is 11.8. The molecule has 3 heteroatoms. The number of aliphatic hydroxyl groups is 1. The molecule has 100 valence electrons. The molecule has 0 aromatic heterocycles. The van der Waals surface area contributed by atoms with Crippen molar-refractivity contribution in [3.05, 3.63) is 0 Å². The summed E-state index contributed by atoms with van der Waals surface area (Å²) in [6.45, 7) is 3.89. The lowest BCUT2D eigenvalue weighted by Crippen LogP contribution is -2.48. The minimum atomic E-state index is -0.441. The average molecular weight is 241 g/mol. The third-order valence-corrected chi connectivity index (χ3v) is 4.07. The summed E-state index contributed by atoms with van der Waals surface area (Å²) in [5.41, 5.74) is -0.441. The van der Waals surface area contributed by atoms with Gasteiger partial charge >= 0.3 is 0 Å². The summed E-state index contributed by atoms with van der Waals surface area (Å²) in [5, 5.41) is 12.2. The van der Waals surface area contributed by atoms with Gasteiger partial charge < -0.3 is 10.4 Å². The van der Waals surface area contributed by atoms with Gasteiger partial charge in [0.05, 0.1) is 12.1 Å². The molecule has 17 heavy (non-hydrogen) atoms. The first kappa shape index (κ1) is 14.5. The van der Waals surface area contributed by atoms with E-state index in [1.54, 1.807) is 0 Å². The fourth-order valence-electron chi connectivity index (χ4n) is 2.45. The molecule has 0 radical (unpaired) electrons. The van der Waals surface area contributed by atoms with Crippen LogP contribution < -0.4 is 5.32 Å². The number of carbonyl (C=O) groups excluding carboxylic acids is 1. The van der Waals surface area contributed by atoms with Crippen molar-refractivity contribution in [2.75, 3.05) is 6.61 Å². The van der Waals surface area contributed by atoms with Gasteiger partial charge in [-0.15, -0.1) is 0 Å². The Bertz CT molecular complexity index is 230. The lowest BCUT2D eigenvalue weighted by Gasteiger charge is -2.28. The Labute approximate surface area is 105 Å². The van der Waals surface area contributed by atoms with Crippen LogP contribution in [0.15, 0.2) is 0 Å². The molecule has 1 fully saturated rings. The van der Waals surface area contributed by atoms with E-state index in [1.165, 1.54) is 32.1 Å². The van der Waals surface area contributed by atoms with Crippen LogP contribution in [0.25, 0.3) is 0 Å². The molecule has 3 nitrogen and oxygen atoms in total. The summed E-state index contributed by atoms with van der Waals surface area (Å²) < 4.78 is 0. The molecule has 2 N–H and O–H groups in total. The summed E-state index contributed by atoms with van der Waals surface area (Å²) in [6.07, 6.45) is 8.99. The Kier molecular flexibility index (Phi) is 5.96. The second kappa shape index (κ2) is 7.00. The van der Waals surface area contributed by atoms with Crippen LogP contribution in [0.4, 0.5) is 0 Å². The van der Waals surface area contributed by atoms with Crippen LogP contribution in [-0.4, -0.2) is 23.2 Å². The predicted molar refractivity (Wildman–Crippen MR) is 69.7 cm³/mol. The zero-order valence-corrected chi connectivity index (χ0v) is 11.3. The van der Waals surface area contributed by atoms with Gasteiger partial charge in [-0.3, -0.25) is 4.79 Å². The first-order valence-electron chi connectivity index (χ1n) is 7.01. The maximum Gasteiger partial charge on any atom is 0.220 e. The molecule has 0 aromatic carbocycles. The van der Waals surface area contributed by atoms with E-state index in [9.17, 15) is 9.90 Å². The Morgan fingerprint density at radius 1 is 1.35 bits per heavy atom. The van der Waals surface area contributed by atoms with Gasteiger partial charge in [-0.25, -0.2) is 0 Å². The molecule has 0 bridgehead atoms. The fraction of sp³-hybridized carbons (Fsp3) is 0.929. The van der Waals surface area contributed by atoms with E-state index >= 15 is 0 Å². The molecular formula is C14H27NO2. The number of hydrogen-bond donors (Lipinski definition) is 2. The van der Waals surface area contributed by atoms with Gasteiger partial charge in [0.2, 0.25) is 5.91 Å². The van der Waals surface area contributed by atoms with Crippen LogP contribution in [0.3, 0.4) is 0 Å². The predicted octanol–water partition coefficient (Wildman–Crippen LogP) is 2.62. The van der Waals surface area contributed by atoms with E-state index < -0.39 is 5.54 Å². The van der Waals surface area contributed by atoms with E-state index in [2.05, 4.69) is 5.32 Å². The van der Waals surface area contributed by atoms with Crippen LogP contribution in [0.1, 0.15) is 65.2 Å². The van der Waals surface area contributed by atoms with Crippen molar-refractivity contribution in [2.45, 2.75) is 70.8 Å². The van der Waals surface area contributed by atoms with Crippen molar-refractivity contribution in [2.24, 2.45) is 5.92 Å². The second-order valence-corrected chi connectivity index (χ2v) is 5.66. The number of nitrogens with one attached hydrogen (secondary N) is 1. The first-order chi connectivity index (χ1) is 8.09. The zero-order valence-electron chi connectivity index (χ0n) is 11.3. The van der Waals surface area contributed by atoms with Gasteiger partial charge in [0, 0.05) is 6.42 Å². The quantitative estimate of drug-likeness (QED) is 0.751. The fourth-order valence-corrected chi connectivity index (χ4v) is 2.45. The highest BCUT2D eigenvalue weighted by Gasteiger charge is 2.23. The molecule has 1 saturated carbocycles. The Balaban J connectivity index is 2.24. The minimum absolute atomic E-state index is 0.0126. The maximum absolute atomic E-state index is 11.8. The van der Waals surface area contributed by atoms with Crippen molar-refractivity contribution >= 4 is 5.91 Å². The highest BCUT2D eigenvalue weighted by atomic mass is 16.3. The number of rotatable bonds is 6. The highest BCUT2D eigenvalue weighted by Crippen LogP contribution is 2.27. The molecule has 1 atom stereocenters. The molecule has 1 amide bonds. The summed E-state index contributed by atoms with van der Waals surface area (Å²) in [4.78, 5) is 11.8. The van der Waals surface area contributed by atoms with Crippen LogP contribution in [0, 0.1) is 5.92 Å². The van der Waals surface area contributed by atoms with Crippen molar-refractivity contribution in [3.8, 4) is 0 Å². The summed E-state index contributed by atoms with van der Waals surface area (Å²) in [7, 11) is 0. The molecule has 1 rings (SSSR count). The molecule has 0 aromatic rings. The average Bonchev–Trinajstić information content (AvgIpc) is 2.37.